The van der Waals surface area contributed by atoms with Gasteiger partial charge in [-0.3, -0.25) is 0 Å². The molecule has 0 saturated carbocycles. The van der Waals surface area contributed by atoms with Crippen LogP contribution in [0, 0.1) is 32.1 Å². The van der Waals surface area contributed by atoms with Crippen molar-refractivity contribution in [3.63, 3.8) is 0 Å². The second-order valence-electron chi connectivity index (χ2n) is 4.92. The Morgan fingerprint density at radius 3 is 2.68 bits per heavy atom. The van der Waals surface area contributed by atoms with Gasteiger partial charge in [0.25, 0.3) is 0 Å². The average molecular weight is 298 g/mol. The quantitative estimate of drug-likeness (QED) is 0.880. The van der Waals surface area contributed by atoms with Crippen molar-refractivity contribution in [1.29, 1.82) is 5.26 Å². The zero-order chi connectivity index (χ0) is 16.1. The third-order valence-corrected chi connectivity index (χ3v) is 3.35. The molecule has 0 aliphatic heterocycles. The molecule has 0 unspecified atom stereocenters. The number of aromatic nitrogens is 2. The molecule has 1 aromatic heterocycles. The number of aliphatic hydroxyl groups excluding tert-OH is 1. The van der Waals surface area contributed by atoms with E-state index < -0.39 is 0 Å². The monoisotopic (exact) mass is 298 g/mol. The number of hydrogen-bond acceptors (Lipinski definition) is 6. The maximum atomic E-state index is 9.30. The highest BCUT2D eigenvalue weighted by molar-refractivity contribution is 5.65. The minimum absolute atomic E-state index is 0.0246. The summed E-state index contributed by atoms with van der Waals surface area (Å²) >= 11 is 0. The van der Waals surface area contributed by atoms with E-state index in [-0.39, 0.29) is 13.2 Å². The summed E-state index contributed by atoms with van der Waals surface area (Å²) in [5.41, 5.74) is 3.77. The van der Waals surface area contributed by atoms with E-state index in [9.17, 15) is 5.26 Å². The van der Waals surface area contributed by atoms with Crippen LogP contribution >= 0.6 is 0 Å². The number of aryl methyl sites for hydroxylation is 2. The van der Waals surface area contributed by atoms with Gasteiger partial charge in [-0.25, -0.2) is 0 Å². The smallest absolute Gasteiger partial charge is 0.171 e. The van der Waals surface area contributed by atoms with Crippen molar-refractivity contribution in [2.75, 3.05) is 18.5 Å². The molecule has 1 aromatic carbocycles. The van der Waals surface area contributed by atoms with E-state index in [1.807, 2.05) is 39.0 Å². The van der Waals surface area contributed by atoms with Crippen molar-refractivity contribution >= 4 is 11.5 Å². The summed E-state index contributed by atoms with van der Waals surface area (Å²) in [6, 6.07) is 7.70. The number of aliphatic hydroxyl groups is 1. The van der Waals surface area contributed by atoms with Gasteiger partial charge in [-0.1, -0.05) is 0 Å². The van der Waals surface area contributed by atoms with E-state index >= 15 is 0 Å². The number of rotatable bonds is 5. The highest BCUT2D eigenvalue weighted by atomic mass is 16.5. The summed E-state index contributed by atoms with van der Waals surface area (Å²) in [4.78, 5) is 0. The fourth-order valence-corrected chi connectivity index (χ4v) is 2.01. The van der Waals surface area contributed by atoms with Gasteiger partial charge in [0.2, 0.25) is 0 Å². The van der Waals surface area contributed by atoms with Gasteiger partial charge in [-0.05, 0) is 50.1 Å². The SMILES string of the molecule is Cc1cc(Nc2nnc(C)c(C)c2C#N)ccc1OCCO. The second-order valence-corrected chi connectivity index (χ2v) is 4.92. The fraction of sp³-hybridized carbons (Fsp3) is 0.312. The van der Waals surface area contributed by atoms with Crippen molar-refractivity contribution in [3.05, 3.63) is 40.6 Å². The highest BCUT2D eigenvalue weighted by Gasteiger charge is 2.11. The summed E-state index contributed by atoms with van der Waals surface area (Å²) in [6.45, 7) is 5.82. The molecule has 0 saturated heterocycles. The van der Waals surface area contributed by atoms with Gasteiger partial charge >= 0.3 is 0 Å². The van der Waals surface area contributed by atoms with Gasteiger partial charge in [0.05, 0.1) is 12.3 Å². The predicted molar refractivity (Wildman–Crippen MR) is 83.3 cm³/mol. The van der Waals surface area contributed by atoms with Gasteiger partial charge in [-0.2, -0.15) is 10.4 Å². The molecular weight excluding hydrogens is 280 g/mol. The molecule has 22 heavy (non-hydrogen) atoms. The lowest BCUT2D eigenvalue weighted by molar-refractivity contribution is 0.200. The van der Waals surface area contributed by atoms with E-state index in [1.165, 1.54) is 0 Å². The summed E-state index contributed by atoms with van der Waals surface area (Å²) in [5.74, 6) is 1.15. The first-order chi connectivity index (χ1) is 10.6. The zero-order valence-electron chi connectivity index (χ0n) is 12.8. The van der Waals surface area contributed by atoms with Crippen LogP contribution in [0.15, 0.2) is 18.2 Å². The first-order valence-corrected chi connectivity index (χ1v) is 6.92. The number of hydrogen-bond donors (Lipinski definition) is 2. The first-order valence-electron chi connectivity index (χ1n) is 6.92. The minimum Gasteiger partial charge on any atom is -0.491 e. The van der Waals surface area contributed by atoms with Crippen LogP contribution < -0.4 is 10.1 Å². The van der Waals surface area contributed by atoms with Gasteiger partial charge < -0.3 is 15.2 Å². The minimum atomic E-state index is -0.0246. The molecule has 2 N–H and O–H groups in total. The summed E-state index contributed by atoms with van der Waals surface area (Å²) < 4.78 is 5.41. The van der Waals surface area contributed by atoms with Crippen LogP contribution in [0.25, 0.3) is 0 Å². The Hall–Kier alpha value is -2.65. The lowest BCUT2D eigenvalue weighted by Crippen LogP contribution is -2.05. The van der Waals surface area contributed by atoms with Gasteiger partial charge in [-0.15, -0.1) is 5.10 Å². The molecule has 0 radical (unpaired) electrons. The maximum Gasteiger partial charge on any atom is 0.171 e. The second kappa shape index (κ2) is 6.87. The van der Waals surface area contributed by atoms with E-state index in [2.05, 4.69) is 21.6 Å². The Bertz CT molecular complexity index is 723. The van der Waals surface area contributed by atoms with Crippen molar-refractivity contribution in [2.45, 2.75) is 20.8 Å². The molecule has 0 amide bonds. The molecule has 0 bridgehead atoms. The summed E-state index contributed by atoms with van der Waals surface area (Å²) in [6.07, 6.45) is 0. The van der Waals surface area contributed by atoms with Crippen LogP contribution in [0.5, 0.6) is 5.75 Å². The molecule has 0 spiro atoms. The largest absolute Gasteiger partial charge is 0.491 e. The van der Waals surface area contributed by atoms with Crippen LogP contribution in [0.4, 0.5) is 11.5 Å². The Morgan fingerprint density at radius 1 is 1.27 bits per heavy atom. The van der Waals surface area contributed by atoms with E-state index in [4.69, 9.17) is 9.84 Å². The third-order valence-electron chi connectivity index (χ3n) is 3.35. The molecule has 1 heterocycles. The molecular formula is C16H18N4O2. The normalized spacial score (nSPS) is 10.1. The number of benzene rings is 1. The van der Waals surface area contributed by atoms with Gasteiger partial charge in [0.15, 0.2) is 5.82 Å². The standard InChI is InChI=1S/C16H18N4O2/c1-10-8-13(4-5-15(10)22-7-6-21)18-16-14(9-17)11(2)12(3)19-20-16/h4-5,8,21H,6-7H2,1-3H3,(H,18,20). The highest BCUT2D eigenvalue weighted by Crippen LogP contribution is 2.26. The van der Waals surface area contributed by atoms with Crippen LogP contribution in [-0.2, 0) is 0 Å². The lowest BCUT2D eigenvalue weighted by atomic mass is 10.1. The molecule has 6 nitrogen and oxygen atoms in total. The first kappa shape index (κ1) is 15.7. The Morgan fingerprint density at radius 2 is 2.05 bits per heavy atom. The fourth-order valence-electron chi connectivity index (χ4n) is 2.01. The molecule has 0 fully saturated rings. The average Bonchev–Trinajstić information content (AvgIpc) is 2.50. The van der Waals surface area contributed by atoms with Crippen molar-refractivity contribution in [3.8, 4) is 11.8 Å². The number of anilines is 2. The molecule has 0 aliphatic rings. The number of nitrogens with one attached hydrogen (secondary N) is 1. The van der Waals surface area contributed by atoms with Crippen molar-refractivity contribution in [1.82, 2.24) is 10.2 Å². The molecule has 0 aliphatic carbocycles. The molecule has 0 atom stereocenters. The van der Waals surface area contributed by atoms with Crippen LogP contribution in [0.1, 0.15) is 22.4 Å². The van der Waals surface area contributed by atoms with E-state index in [0.29, 0.717) is 17.1 Å². The topological polar surface area (TPSA) is 91.1 Å². The van der Waals surface area contributed by atoms with Crippen LogP contribution in [0.3, 0.4) is 0 Å². The summed E-state index contributed by atoms with van der Waals surface area (Å²) in [7, 11) is 0. The molecule has 2 aromatic rings. The maximum absolute atomic E-state index is 9.30. The number of nitriles is 1. The Labute approximate surface area is 129 Å². The lowest BCUT2D eigenvalue weighted by Gasteiger charge is -2.12. The Kier molecular flexibility index (Phi) is 4.92. The predicted octanol–water partition coefficient (Wildman–Crippen LogP) is 2.39. The number of nitrogens with zero attached hydrogens (tertiary/aromatic N) is 3. The van der Waals surface area contributed by atoms with Crippen LogP contribution in [-0.4, -0.2) is 28.5 Å². The molecule has 2 rings (SSSR count). The zero-order valence-corrected chi connectivity index (χ0v) is 12.8. The van der Waals surface area contributed by atoms with E-state index in [0.717, 1.165) is 22.5 Å². The molecule has 6 heteroatoms. The van der Waals surface area contributed by atoms with Gasteiger partial charge in [0, 0.05) is 5.69 Å². The van der Waals surface area contributed by atoms with Crippen molar-refractivity contribution in [2.24, 2.45) is 0 Å². The van der Waals surface area contributed by atoms with E-state index in [1.54, 1.807) is 0 Å². The number of ether oxygens (including phenoxy) is 1. The van der Waals surface area contributed by atoms with Crippen LogP contribution in [0.2, 0.25) is 0 Å². The molecule has 114 valence electrons. The Balaban J connectivity index is 2.27. The van der Waals surface area contributed by atoms with Gasteiger partial charge in [0.1, 0.15) is 24.0 Å². The third kappa shape index (κ3) is 3.32. The van der Waals surface area contributed by atoms with Crippen molar-refractivity contribution < 1.29 is 9.84 Å². The summed E-state index contributed by atoms with van der Waals surface area (Å²) in [5, 5.41) is 29.3.